The SMILES string of the molecule is CCC(C)CC(C)CCCCCCCCC(=O)N[C@H]1C[C@@H](O)[C@@H](O)NC(=O)[C@@H]2[C@@H](O)CCN2C(=O)[C@H]([C@H](O)CC(N)=O)NC(=O)[C@H]([C@H](O)CO)NC(=O)[C@@H]2C[C@@H](O)CN2C(=O)[C@H]([C@@H](C)O)NC1=O. The third kappa shape index (κ3) is 16.8. The van der Waals surface area contributed by atoms with E-state index in [2.05, 4.69) is 42.0 Å². The fourth-order valence-corrected chi connectivity index (χ4v) is 8.88. The summed E-state index contributed by atoms with van der Waals surface area (Å²) in [6, 6.07) is -11.5. The van der Waals surface area contributed by atoms with Crippen LogP contribution in [-0.2, 0) is 38.4 Å². The number of aliphatic hydroxyl groups excluding tert-OH is 8. The van der Waals surface area contributed by atoms with Gasteiger partial charge in [-0.15, -0.1) is 0 Å². The summed E-state index contributed by atoms with van der Waals surface area (Å²) in [5.74, 6) is -8.00. The number of hydrogen-bond donors (Lipinski definition) is 14. The van der Waals surface area contributed by atoms with Gasteiger partial charge in [0.1, 0.15) is 48.5 Å². The molecule has 3 aliphatic heterocycles. The second-order valence-corrected chi connectivity index (χ2v) is 18.8. The molecule has 3 heterocycles. The minimum atomic E-state index is -2.25. The van der Waals surface area contributed by atoms with E-state index in [1.54, 1.807) is 0 Å². The van der Waals surface area contributed by atoms with Crippen molar-refractivity contribution in [2.24, 2.45) is 17.6 Å². The minimum Gasteiger partial charge on any atom is -0.394 e. The molecule has 3 rings (SSSR count). The van der Waals surface area contributed by atoms with Gasteiger partial charge in [-0.2, -0.15) is 0 Å². The summed E-state index contributed by atoms with van der Waals surface area (Å²) in [5.41, 5.74) is 5.25. The van der Waals surface area contributed by atoms with Crippen molar-refractivity contribution in [3.05, 3.63) is 0 Å². The number of nitrogens with zero attached hydrogens (tertiary/aromatic N) is 2. The second kappa shape index (κ2) is 27.6. The first kappa shape index (κ1) is 57.8. The third-order valence-electron chi connectivity index (χ3n) is 13.0. The lowest BCUT2D eigenvalue weighted by Gasteiger charge is -2.33. The summed E-state index contributed by atoms with van der Waals surface area (Å²) >= 11 is 0. The smallest absolute Gasteiger partial charge is 0.248 e. The fourth-order valence-electron chi connectivity index (χ4n) is 8.88. The highest BCUT2D eigenvalue weighted by atomic mass is 16.3. The Balaban J connectivity index is 1.95. The standard InChI is InChI=1S/C44H76N8O16/c1-5-22(2)16-23(3)12-10-8-6-7-9-11-13-33(61)46-26-18-30(58)40(64)50-42(66)37-28(56)14-15-51(37)44(68)36(29(57)19-32(45)60)49-41(65)35(31(59)21-53)48-39(63)27-17-25(55)20-52(27)43(67)34(24(4)54)47-38(26)62/h22-31,34-37,40,53-59,64H,5-21H2,1-4H3,(H2,45,60)(H,46,61)(H,47,62)(H,48,63)(H,49,65)(H,50,66)/t22?,23?,24-,25-,26+,27+,28+,29-,30-,31-,34+,35+,36+,37+,40-/m1/s1. The molecule has 0 aromatic heterocycles. The van der Waals surface area contributed by atoms with Crippen LogP contribution in [0, 0.1) is 11.8 Å². The highest BCUT2D eigenvalue weighted by Crippen LogP contribution is 2.24. The molecule has 0 aromatic rings. The Labute approximate surface area is 396 Å². The molecule has 0 bridgehead atoms. The van der Waals surface area contributed by atoms with Crippen molar-refractivity contribution in [2.75, 3.05) is 19.7 Å². The van der Waals surface area contributed by atoms with Crippen LogP contribution in [0.4, 0.5) is 0 Å². The van der Waals surface area contributed by atoms with Gasteiger partial charge in [0.2, 0.25) is 47.3 Å². The lowest BCUT2D eigenvalue weighted by molar-refractivity contribution is -0.149. The Morgan fingerprint density at radius 3 is 1.94 bits per heavy atom. The quantitative estimate of drug-likeness (QED) is 0.0540. The number of rotatable bonds is 19. The van der Waals surface area contributed by atoms with Gasteiger partial charge in [-0.05, 0) is 38.0 Å². The van der Waals surface area contributed by atoms with Crippen molar-refractivity contribution < 1.29 is 79.2 Å². The number of carbonyl (C=O) groups is 8. The number of nitrogens with one attached hydrogen (secondary N) is 5. The minimum absolute atomic E-state index is 0.0613. The van der Waals surface area contributed by atoms with Crippen LogP contribution in [0.5, 0.6) is 0 Å². The number of amides is 8. The maximum Gasteiger partial charge on any atom is 0.248 e. The van der Waals surface area contributed by atoms with E-state index in [0.29, 0.717) is 29.6 Å². The summed E-state index contributed by atoms with van der Waals surface area (Å²) < 4.78 is 0. The van der Waals surface area contributed by atoms with E-state index in [1.807, 2.05) is 5.32 Å². The topological polar surface area (TPSA) is 391 Å². The van der Waals surface area contributed by atoms with Crippen molar-refractivity contribution in [1.29, 1.82) is 0 Å². The number of aliphatic hydroxyl groups is 8. The molecule has 0 radical (unpaired) electrons. The molecule has 388 valence electrons. The summed E-state index contributed by atoms with van der Waals surface area (Å²) in [5, 5.41) is 97.1. The Morgan fingerprint density at radius 2 is 1.32 bits per heavy atom. The first-order valence-corrected chi connectivity index (χ1v) is 23.8. The molecule has 2 unspecified atom stereocenters. The van der Waals surface area contributed by atoms with Crippen molar-refractivity contribution in [1.82, 2.24) is 36.4 Å². The van der Waals surface area contributed by atoms with E-state index >= 15 is 0 Å². The van der Waals surface area contributed by atoms with Gasteiger partial charge in [-0.3, -0.25) is 38.4 Å². The summed E-state index contributed by atoms with van der Waals surface area (Å²) in [6.07, 6.45) is -7.32. The van der Waals surface area contributed by atoms with E-state index in [0.717, 1.165) is 50.3 Å². The Kier molecular flexibility index (Phi) is 23.4. The molecule has 3 fully saturated rings. The first-order chi connectivity index (χ1) is 32.0. The normalized spacial score (nSPS) is 30.4. The number of hydrogen-bond acceptors (Lipinski definition) is 16. The van der Waals surface area contributed by atoms with Crippen LogP contribution in [0.1, 0.15) is 118 Å². The van der Waals surface area contributed by atoms with E-state index in [9.17, 15) is 79.2 Å². The molecule has 3 saturated heterocycles. The van der Waals surface area contributed by atoms with Crippen LogP contribution < -0.4 is 32.3 Å². The Bertz CT molecular complexity index is 1730. The number of nitrogens with two attached hydrogens (primary N) is 1. The van der Waals surface area contributed by atoms with E-state index in [4.69, 9.17) is 5.73 Å². The molecule has 0 saturated carbocycles. The molecular formula is C44H76N8O16. The molecule has 24 nitrogen and oxygen atoms in total. The molecule has 3 aliphatic rings. The van der Waals surface area contributed by atoms with Gasteiger partial charge in [0.05, 0.1) is 37.4 Å². The monoisotopic (exact) mass is 973 g/mol. The van der Waals surface area contributed by atoms with Crippen LogP contribution in [0.3, 0.4) is 0 Å². The predicted octanol–water partition coefficient (Wildman–Crippen LogP) is -4.79. The molecular weight excluding hydrogens is 897 g/mol. The largest absolute Gasteiger partial charge is 0.394 e. The molecule has 0 aromatic carbocycles. The maximum absolute atomic E-state index is 14.1. The van der Waals surface area contributed by atoms with Gasteiger partial charge in [0.25, 0.3) is 0 Å². The van der Waals surface area contributed by atoms with Crippen molar-refractivity contribution in [3.8, 4) is 0 Å². The number of primary amides is 1. The van der Waals surface area contributed by atoms with Gasteiger partial charge < -0.3 is 83.0 Å². The van der Waals surface area contributed by atoms with Crippen LogP contribution >= 0.6 is 0 Å². The lowest BCUT2D eigenvalue weighted by Crippen LogP contribution is -2.64. The second-order valence-electron chi connectivity index (χ2n) is 18.8. The zero-order valence-electron chi connectivity index (χ0n) is 39.5. The van der Waals surface area contributed by atoms with Crippen LogP contribution in [-0.4, -0.2) is 197 Å². The van der Waals surface area contributed by atoms with E-state index in [-0.39, 0.29) is 12.8 Å². The number of fused-ring (bicyclic) bond motifs is 2. The van der Waals surface area contributed by atoms with Gasteiger partial charge >= 0.3 is 0 Å². The lowest BCUT2D eigenvalue weighted by atomic mass is 9.91. The van der Waals surface area contributed by atoms with Gasteiger partial charge in [-0.25, -0.2) is 0 Å². The molecule has 68 heavy (non-hydrogen) atoms. The Hall–Kier alpha value is -4.56. The first-order valence-electron chi connectivity index (χ1n) is 23.8. The predicted molar refractivity (Wildman–Crippen MR) is 240 cm³/mol. The molecule has 24 heteroatoms. The van der Waals surface area contributed by atoms with Crippen LogP contribution in [0.25, 0.3) is 0 Å². The van der Waals surface area contributed by atoms with E-state index < -0.39 is 165 Å². The average Bonchev–Trinajstić information content (AvgIpc) is 3.87. The van der Waals surface area contributed by atoms with Crippen molar-refractivity contribution >= 4 is 47.3 Å². The van der Waals surface area contributed by atoms with Gasteiger partial charge in [0.15, 0.2) is 6.23 Å². The van der Waals surface area contributed by atoms with Gasteiger partial charge in [0, 0.05) is 32.4 Å². The number of unbranched alkanes of at least 4 members (excludes halogenated alkanes) is 5. The third-order valence-corrected chi connectivity index (χ3v) is 13.0. The van der Waals surface area contributed by atoms with Crippen LogP contribution in [0.2, 0.25) is 0 Å². The summed E-state index contributed by atoms with van der Waals surface area (Å²) in [4.78, 5) is 110. The zero-order chi connectivity index (χ0) is 51.0. The van der Waals surface area contributed by atoms with Crippen molar-refractivity contribution in [2.45, 2.75) is 197 Å². The molecule has 8 amide bonds. The zero-order valence-corrected chi connectivity index (χ0v) is 39.5. The molecule has 0 spiro atoms. The average molecular weight is 973 g/mol. The maximum atomic E-state index is 14.1. The molecule has 15 atom stereocenters. The number of carbonyl (C=O) groups excluding carboxylic acids is 8. The highest BCUT2D eigenvalue weighted by Gasteiger charge is 2.48. The molecule has 15 N–H and O–H groups in total. The van der Waals surface area contributed by atoms with Crippen LogP contribution in [0.15, 0.2) is 0 Å². The van der Waals surface area contributed by atoms with Crippen molar-refractivity contribution in [3.63, 3.8) is 0 Å². The molecule has 0 aliphatic carbocycles. The summed E-state index contributed by atoms with van der Waals surface area (Å²) in [7, 11) is 0. The summed E-state index contributed by atoms with van der Waals surface area (Å²) in [6.45, 7) is 5.68. The van der Waals surface area contributed by atoms with E-state index in [1.165, 1.54) is 6.42 Å². The highest BCUT2D eigenvalue weighted by molar-refractivity contribution is 5.98. The Morgan fingerprint density at radius 1 is 0.721 bits per heavy atom. The van der Waals surface area contributed by atoms with Gasteiger partial charge in [-0.1, -0.05) is 65.7 Å². The fraction of sp³-hybridized carbons (Fsp3) is 0.818.